The van der Waals surface area contributed by atoms with E-state index in [1.54, 1.807) is 0 Å². The lowest BCUT2D eigenvalue weighted by Gasteiger charge is -2.29. The first-order chi connectivity index (χ1) is 8.79. The molecule has 1 atom stereocenters. The zero-order valence-corrected chi connectivity index (χ0v) is 13.4. The Bertz CT molecular complexity index is 421. The molecule has 4 nitrogen and oxygen atoms in total. The summed E-state index contributed by atoms with van der Waals surface area (Å²) in [6, 6.07) is 0.347. The van der Waals surface area contributed by atoms with Crippen molar-refractivity contribution in [3.63, 3.8) is 0 Å². The lowest BCUT2D eigenvalue weighted by molar-refractivity contribution is 0.358. The summed E-state index contributed by atoms with van der Waals surface area (Å²) in [5.41, 5.74) is 1.28. The summed E-state index contributed by atoms with van der Waals surface area (Å²) in [4.78, 5) is 9.21. The Morgan fingerprint density at radius 3 is 2.21 bits per heavy atom. The summed E-state index contributed by atoms with van der Waals surface area (Å²) >= 11 is 0. The molecule has 0 radical (unpaired) electrons. The molecule has 0 aromatic carbocycles. The van der Waals surface area contributed by atoms with Gasteiger partial charge in [-0.1, -0.05) is 27.7 Å². The number of aromatic nitrogens is 2. The van der Waals surface area contributed by atoms with Crippen molar-refractivity contribution in [3.8, 4) is 0 Å². The van der Waals surface area contributed by atoms with Gasteiger partial charge >= 0.3 is 0 Å². The van der Waals surface area contributed by atoms with Gasteiger partial charge in [-0.15, -0.1) is 0 Å². The zero-order valence-electron chi connectivity index (χ0n) is 13.4. The minimum absolute atomic E-state index is 0.197. The molecule has 4 heteroatoms. The molecule has 0 saturated carbocycles. The highest BCUT2D eigenvalue weighted by molar-refractivity contribution is 5.57. The summed E-state index contributed by atoms with van der Waals surface area (Å²) in [5.74, 6) is 2.77. The van der Waals surface area contributed by atoms with E-state index in [9.17, 15) is 0 Å². The number of aryl methyl sites for hydroxylation is 1. The third kappa shape index (κ3) is 4.08. The normalized spacial score (nSPS) is 13.2. The van der Waals surface area contributed by atoms with Crippen LogP contribution >= 0.6 is 0 Å². The smallest absolute Gasteiger partial charge is 0.135 e. The van der Waals surface area contributed by atoms with E-state index in [-0.39, 0.29) is 5.41 Å². The fourth-order valence-corrected chi connectivity index (χ4v) is 1.70. The molecule has 0 aliphatic carbocycles. The molecule has 0 amide bonds. The number of anilines is 2. The minimum Gasteiger partial charge on any atom is -0.373 e. The van der Waals surface area contributed by atoms with Gasteiger partial charge in [0.05, 0.1) is 0 Å². The molecular weight excluding hydrogens is 236 g/mol. The second-order valence-electron chi connectivity index (χ2n) is 6.19. The first kappa shape index (κ1) is 15.7. The Hall–Kier alpha value is -1.32. The zero-order chi connectivity index (χ0) is 14.6. The van der Waals surface area contributed by atoms with Crippen LogP contribution in [0.2, 0.25) is 0 Å². The molecular formula is C15H28N4. The van der Waals surface area contributed by atoms with Crippen molar-refractivity contribution in [2.75, 3.05) is 17.7 Å². The average molecular weight is 264 g/mol. The lowest BCUT2D eigenvalue weighted by Crippen LogP contribution is -2.31. The third-order valence-corrected chi connectivity index (χ3v) is 3.55. The van der Waals surface area contributed by atoms with Gasteiger partial charge in [0.1, 0.15) is 17.5 Å². The van der Waals surface area contributed by atoms with Gasteiger partial charge < -0.3 is 10.6 Å². The number of nitrogens with zero attached hydrogens (tertiary/aromatic N) is 2. The largest absolute Gasteiger partial charge is 0.373 e. The van der Waals surface area contributed by atoms with Crippen LogP contribution in [0.25, 0.3) is 0 Å². The maximum atomic E-state index is 4.66. The number of nitrogens with one attached hydrogen (secondary N) is 2. The van der Waals surface area contributed by atoms with E-state index in [0.717, 1.165) is 35.9 Å². The van der Waals surface area contributed by atoms with E-state index >= 15 is 0 Å². The van der Waals surface area contributed by atoms with E-state index in [0.29, 0.717) is 6.04 Å². The molecule has 2 N–H and O–H groups in total. The third-order valence-electron chi connectivity index (χ3n) is 3.55. The van der Waals surface area contributed by atoms with E-state index in [1.165, 1.54) is 0 Å². The van der Waals surface area contributed by atoms with Crippen molar-refractivity contribution in [1.82, 2.24) is 9.97 Å². The van der Waals surface area contributed by atoms with Crippen LogP contribution < -0.4 is 10.6 Å². The van der Waals surface area contributed by atoms with Crippen LogP contribution in [0.3, 0.4) is 0 Å². The molecule has 0 bridgehead atoms. The fraction of sp³-hybridized carbons (Fsp3) is 0.733. The number of hydrogen-bond acceptors (Lipinski definition) is 4. The summed E-state index contributed by atoms with van der Waals surface area (Å²) in [7, 11) is 1.90. The highest BCUT2D eigenvalue weighted by Gasteiger charge is 2.21. The Morgan fingerprint density at radius 1 is 1.16 bits per heavy atom. The predicted octanol–water partition coefficient (Wildman–Crippen LogP) is 3.63. The van der Waals surface area contributed by atoms with Crippen molar-refractivity contribution < 1.29 is 0 Å². The van der Waals surface area contributed by atoms with Crippen LogP contribution in [0.15, 0.2) is 0 Å². The molecule has 0 spiro atoms. The average Bonchev–Trinajstić information content (AvgIpc) is 2.32. The molecule has 1 aromatic heterocycles. The molecule has 1 unspecified atom stereocenters. The van der Waals surface area contributed by atoms with Crippen molar-refractivity contribution >= 4 is 11.6 Å². The molecule has 1 rings (SSSR count). The first-order valence-corrected chi connectivity index (χ1v) is 7.11. The lowest BCUT2D eigenvalue weighted by atomic mass is 9.88. The van der Waals surface area contributed by atoms with E-state index < -0.39 is 0 Å². The molecule has 0 aliphatic heterocycles. The molecule has 0 fully saturated rings. The van der Waals surface area contributed by atoms with Crippen LogP contribution in [0.1, 0.15) is 52.4 Å². The number of hydrogen-bond donors (Lipinski definition) is 2. The Morgan fingerprint density at radius 2 is 1.74 bits per heavy atom. The van der Waals surface area contributed by atoms with Crippen molar-refractivity contribution in [2.24, 2.45) is 5.41 Å². The minimum atomic E-state index is 0.197. The van der Waals surface area contributed by atoms with Crippen molar-refractivity contribution in [1.29, 1.82) is 0 Å². The molecule has 0 saturated heterocycles. The van der Waals surface area contributed by atoms with Crippen LogP contribution in [-0.2, 0) is 6.42 Å². The van der Waals surface area contributed by atoms with Gasteiger partial charge in [-0.05, 0) is 25.7 Å². The second-order valence-corrected chi connectivity index (χ2v) is 6.19. The van der Waals surface area contributed by atoms with Gasteiger partial charge in [-0.3, -0.25) is 0 Å². The van der Waals surface area contributed by atoms with E-state index in [1.807, 2.05) is 7.05 Å². The SMILES string of the molecule is CCCc1nc(NC)c(C)c(NC(C)C(C)(C)C)n1. The maximum Gasteiger partial charge on any atom is 0.135 e. The summed E-state index contributed by atoms with van der Waals surface area (Å²) in [5, 5.41) is 6.69. The topological polar surface area (TPSA) is 49.8 Å². The summed E-state index contributed by atoms with van der Waals surface area (Å²) in [6.45, 7) is 13.1. The van der Waals surface area contributed by atoms with Gasteiger partial charge in [-0.2, -0.15) is 0 Å². The van der Waals surface area contributed by atoms with Crippen LogP contribution in [0.4, 0.5) is 11.6 Å². The van der Waals surface area contributed by atoms with Gasteiger partial charge in [0.2, 0.25) is 0 Å². The van der Waals surface area contributed by atoms with Crippen molar-refractivity contribution in [3.05, 3.63) is 11.4 Å². The quantitative estimate of drug-likeness (QED) is 0.852. The highest BCUT2D eigenvalue weighted by Crippen LogP contribution is 2.26. The van der Waals surface area contributed by atoms with Crippen LogP contribution in [0, 0.1) is 12.3 Å². The molecule has 1 heterocycles. The standard InChI is InChI=1S/C15H28N4/c1-8-9-12-18-13(16-7)10(2)14(19-12)17-11(3)15(4,5)6/h11H,8-9H2,1-7H3,(H2,16,17,18,19). The van der Waals surface area contributed by atoms with Crippen LogP contribution in [-0.4, -0.2) is 23.1 Å². The fourth-order valence-electron chi connectivity index (χ4n) is 1.70. The Labute approximate surface area is 117 Å². The van der Waals surface area contributed by atoms with E-state index in [2.05, 4.69) is 62.1 Å². The summed E-state index contributed by atoms with van der Waals surface area (Å²) in [6.07, 6.45) is 1.97. The van der Waals surface area contributed by atoms with Gasteiger partial charge in [0.25, 0.3) is 0 Å². The van der Waals surface area contributed by atoms with Gasteiger partial charge in [0.15, 0.2) is 0 Å². The van der Waals surface area contributed by atoms with Crippen molar-refractivity contribution in [2.45, 2.75) is 60.4 Å². The van der Waals surface area contributed by atoms with Crippen LogP contribution in [0.5, 0.6) is 0 Å². The maximum absolute atomic E-state index is 4.66. The second kappa shape index (κ2) is 6.22. The van der Waals surface area contributed by atoms with Gasteiger partial charge in [-0.25, -0.2) is 9.97 Å². The number of rotatable bonds is 5. The van der Waals surface area contributed by atoms with E-state index in [4.69, 9.17) is 0 Å². The summed E-state index contributed by atoms with van der Waals surface area (Å²) < 4.78 is 0. The molecule has 1 aromatic rings. The monoisotopic (exact) mass is 264 g/mol. The molecule has 108 valence electrons. The Kier molecular flexibility index (Phi) is 5.15. The first-order valence-electron chi connectivity index (χ1n) is 7.11. The predicted molar refractivity (Wildman–Crippen MR) is 82.9 cm³/mol. The van der Waals surface area contributed by atoms with Gasteiger partial charge in [0, 0.05) is 25.1 Å². The molecule has 19 heavy (non-hydrogen) atoms. The molecule has 0 aliphatic rings. The highest BCUT2D eigenvalue weighted by atomic mass is 15.1. The Balaban J connectivity index is 3.08.